The van der Waals surface area contributed by atoms with Crippen molar-refractivity contribution in [2.75, 3.05) is 6.54 Å². The lowest BCUT2D eigenvalue weighted by Crippen LogP contribution is -2.33. The number of carbonyl (C=O) groups is 2. The molecule has 0 aromatic rings. The van der Waals surface area contributed by atoms with Crippen LogP contribution in [0, 0.1) is 0 Å². The molecule has 0 radical (unpaired) electrons. The molecule has 1 heterocycles. The van der Waals surface area contributed by atoms with Crippen molar-refractivity contribution in [1.82, 2.24) is 10.6 Å². The highest BCUT2D eigenvalue weighted by molar-refractivity contribution is 6.04. The highest BCUT2D eigenvalue weighted by Gasteiger charge is 2.15. The van der Waals surface area contributed by atoms with Crippen LogP contribution >= 0.6 is 0 Å². The van der Waals surface area contributed by atoms with Gasteiger partial charge >= 0.3 is 0 Å². The van der Waals surface area contributed by atoms with Crippen LogP contribution in [0.2, 0.25) is 0 Å². The molecule has 1 rings (SSSR count). The smallest absolute Gasteiger partial charge is 0.288 e. The summed E-state index contributed by atoms with van der Waals surface area (Å²) in [7, 11) is 0. The SMILES string of the molecule is O=C1CNC=C(F)C(=O)N1. The summed E-state index contributed by atoms with van der Waals surface area (Å²) in [6.45, 7) is -0.0703. The Morgan fingerprint density at radius 2 is 2.20 bits per heavy atom. The van der Waals surface area contributed by atoms with E-state index in [1.807, 2.05) is 5.32 Å². The maximum atomic E-state index is 12.2. The maximum absolute atomic E-state index is 12.2. The molecule has 0 aromatic heterocycles. The van der Waals surface area contributed by atoms with Crippen LogP contribution in [0.4, 0.5) is 4.39 Å². The van der Waals surface area contributed by atoms with Crippen LogP contribution in [0.15, 0.2) is 12.0 Å². The van der Waals surface area contributed by atoms with E-state index >= 15 is 0 Å². The minimum atomic E-state index is -0.991. The minimum absolute atomic E-state index is 0.0703. The van der Waals surface area contributed by atoms with Crippen molar-refractivity contribution >= 4 is 11.8 Å². The number of hydrogen-bond donors (Lipinski definition) is 2. The maximum Gasteiger partial charge on any atom is 0.288 e. The first-order valence-electron chi connectivity index (χ1n) is 2.63. The fourth-order valence-electron chi connectivity index (χ4n) is 0.529. The molecule has 4 nitrogen and oxygen atoms in total. The fourth-order valence-corrected chi connectivity index (χ4v) is 0.529. The predicted octanol–water partition coefficient (Wildman–Crippen LogP) is -0.957. The molecule has 0 bridgehead atoms. The molecule has 0 saturated heterocycles. The molecule has 5 heteroatoms. The first-order chi connectivity index (χ1) is 4.70. The molecular formula is C5H5FN2O2. The molecule has 10 heavy (non-hydrogen) atoms. The van der Waals surface area contributed by atoms with E-state index in [0.29, 0.717) is 0 Å². The topological polar surface area (TPSA) is 58.2 Å². The predicted molar refractivity (Wildman–Crippen MR) is 30.3 cm³/mol. The summed E-state index contributed by atoms with van der Waals surface area (Å²) in [5.41, 5.74) is 0. The molecule has 1 aliphatic heterocycles. The summed E-state index contributed by atoms with van der Waals surface area (Å²) in [5, 5.41) is 4.12. The molecule has 0 fully saturated rings. The Hall–Kier alpha value is -1.39. The lowest BCUT2D eigenvalue weighted by molar-refractivity contribution is -0.128. The van der Waals surface area contributed by atoms with Gasteiger partial charge in [-0.1, -0.05) is 0 Å². The second-order valence-electron chi connectivity index (χ2n) is 1.75. The highest BCUT2D eigenvalue weighted by Crippen LogP contribution is 1.95. The summed E-state index contributed by atoms with van der Waals surface area (Å²) < 4.78 is 12.2. The van der Waals surface area contributed by atoms with Crippen LogP contribution in [0.3, 0.4) is 0 Å². The van der Waals surface area contributed by atoms with Crippen molar-refractivity contribution < 1.29 is 14.0 Å². The summed E-state index contributed by atoms with van der Waals surface area (Å²) in [5.74, 6) is -2.50. The van der Waals surface area contributed by atoms with Gasteiger partial charge in [0.25, 0.3) is 5.91 Å². The average Bonchev–Trinajstić information content (AvgIpc) is 1.96. The van der Waals surface area contributed by atoms with Gasteiger partial charge < -0.3 is 5.32 Å². The van der Waals surface area contributed by atoms with Gasteiger partial charge in [-0.2, -0.15) is 4.39 Å². The van der Waals surface area contributed by atoms with Gasteiger partial charge in [-0.25, -0.2) is 0 Å². The number of halogens is 1. The Morgan fingerprint density at radius 1 is 1.50 bits per heavy atom. The Labute approximate surface area is 56.1 Å². The van der Waals surface area contributed by atoms with Crippen molar-refractivity contribution in [1.29, 1.82) is 0 Å². The van der Waals surface area contributed by atoms with Crippen molar-refractivity contribution in [3.05, 3.63) is 12.0 Å². The van der Waals surface area contributed by atoms with Gasteiger partial charge in [0, 0.05) is 6.20 Å². The molecule has 0 aliphatic carbocycles. The standard InChI is InChI=1S/C5H5FN2O2/c6-3-1-7-2-4(9)8-5(3)10/h1,7H,2H2,(H,8,9,10). The first-order valence-corrected chi connectivity index (χ1v) is 2.63. The van der Waals surface area contributed by atoms with E-state index in [4.69, 9.17) is 0 Å². The second-order valence-corrected chi connectivity index (χ2v) is 1.75. The third-order valence-electron chi connectivity index (χ3n) is 0.961. The van der Waals surface area contributed by atoms with Gasteiger partial charge in [0.05, 0.1) is 6.54 Å². The number of hydrogen-bond acceptors (Lipinski definition) is 3. The normalized spacial score (nSPS) is 18.7. The lowest BCUT2D eigenvalue weighted by atomic mass is 10.5. The molecule has 0 aromatic carbocycles. The van der Waals surface area contributed by atoms with E-state index in [1.54, 1.807) is 0 Å². The van der Waals surface area contributed by atoms with Gasteiger partial charge in [-0.15, -0.1) is 0 Å². The van der Waals surface area contributed by atoms with Crippen molar-refractivity contribution in [2.24, 2.45) is 0 Å². The zero-order chi connectivity index (χ0) is 7.56. The van der Waals surface area contributed by atoms with Gasteiger partial charge in [-0.3, -0.25) is 14.9 Å². The van der Waals surface area contributed by atoms with Crippen molar-refractivity contribution in [2.45, 2.75) is 0 Å². The van der Waals surface area contributed by atoms with Gasteiger partial charge in [-0.05, 0) is 0 Å². The highest BCUT2D eigenvalue weighted by atomic mass is 19.1. The molecule has 54 valence electrons. The number of rotatable bonds is 0. The third-order valence-corrected chi connectivity index (χ3v) is 0.961. The monoisotopic (exact) mass is 144 g/mol. The summed E-state index contributed by atoms with van der Waals surface area (Å²) in [6, 6.07) is 0. The molecule has 0 unspecified atom stereocenters. The zero-order valence-electron chi connectivity index (χ0n) is 4.98. The molecule has 0 saturated carbocycles. The van der Waals surface area contributed by atoms with Gasteiger partial charge in [0.2, 0.25) is 11.7 Å². The molecule has 2 amide bonds. The van der Waals surface area contributed by atoms with Crippen LogP contribution in [0.1, 0.15) is 0 Å². The molecular weight excluding hydrogens is 139 g/mol. The summed E-state index contributed by atoms with van der Waals surface area (Å²) >= 11 is 0. The Bertz CT molecular complexity index is 212. The van der Waals surface area contributed by atoms with E-state index < -0.39 is 17.6 Å². The van der Waals surface area contributed by atoms with E-state index in [9.17, 15) is 14.0 Å². The molecule has 1 aliphatic rings. The van der Waals surface area contributed by atoms with Crippen molar-refractivity contribution in [3.8, 4) is 0 Å². The Balaban J connectivity index is 2.73. The fraction of sp³-hybridized carbons (Fsp3) is 0.200. The Morgan fingerprint density at radius 3 is 2.90 bits per heavy atom. The summed E-state index contributed by atoms with van der Waals surface area (Å²) in [4.78, 5) is 20.9. The lowest BCUT2D eigenvalue weighted by Gasteiger charge is -1.93. The Kier molecular flexibility index (Phi) is 1.66. The van der Waals surface area contributed by atoms with Crippen LogP contribution in [0.5, 0.6) is 0 Å². The van der Waals surface area contributed by atoms with E-state index in [0.717, 1.165) is 6.20 Å². The average molecular weight is 144 g/mol. The number of imide groups is 1. The number of nitrogens with one attached hydrogen (secondary N) is 2. The second kappa shape index (κ2) is 2.47. The van der Waals surface area contributed by atoms with E-state index in [2.05, 4.69) is 5.32 Å². The van der Waals surface area contributed by atoms with Crippen LogP contribution in [0.25, 0.3) is 0 Å². The van der Waals surface area contributed by atoms with Gasteiger partial charge in [0.1, 0.15) is 0 Å². The van der Waals surface area contributed by atoms with E-state index in [-0.39, 0.29) is 6.54 Å². The van der Waals surface area contributed by atoms with E-state index in [1.165, 1.54) is 0 Å². The quantitative estimate of drug-likeness (QED) is 0.430. The molecule has 0 spiro atoms. The minimum Gasteiger partial charge on any atom is -0.380 e. The third kappa shape index (κ3) is 1.31. The largest absolute Gasteiger partial charge is 0.380 e. The summed E-state index contributed by atoms with van der Waals surface area (Å²) in [6.07, 6.45) is 0.861. The van der Waals surface area contributed by atoms with Crippen molar-refractivity contribution in [3.63, 3.8) is 0 Å². The number of carbonyl (C=O) groups excluding carboxylic acids is 2. The molecule has 2 N–H and O–H groups in total. The van der Waals surface area contributed by atoms with Crippen LogP contribution in [-0.4, -0.2) is 18.4 Å². The zero-order valence-corrected chi connectivity index (χ0v) is 4.98. The van der Waals surface area contributed by atoms with Gasteiger partial charge in [0.15, 0.2) is 0 Å². The van der Waals surface area contributed by atoms with Crippen LogP contribution in [-0.2, 0) is 9.59 Å². The number of amides is 2. The molecule has 0 atom stereocenters. The first kappa shape index (κ1) is 6.73. The van der Waals surface area contributed by atoms with Crippen LogP contribution < -0.4 is 10.6 Å².